The Kier molecular flexibility index (Phi) is 6.31. The van der Waals surface area contributed by atoms with Gasteiger partial charge >= 0.3 is 0 Å². The average molecular weight is 444 g/mol. The summed E-state index contributed by atoms with van der Waals surface area (Å²) in [5.74, 6) is 1.73. The van der Waals surface area contributed by atoms with Crippen molar-refractivity contribution in [3.8, 4) is 23.0 Å². The van der Waals surface area contributed by atoms with E-state index in [2.05, 4.69) is 5.32 Å². The third-order valence-corrected chi connectivity index (χ3v) is 5.25. The van der Waals surface area contributed by atoms with Crippen molar-refractivity contribution in [1.82, 2.24) is 0 Å². The van der Waals surface area contributed by atoms with Crippen LogP contribution >= 0.6 is 0 Å². The lowest BCUT2D eigenvalue weighted by Crippen LogP contribution is -2.29. The van der Waals surface area contributed by atoms with Gasteiger partial charge in [0.2, 0.25) is 5.91 Å². The largest absolute Gasteiger partial charge is 0.493 e. The molecule has 0 radical (unpaired) electrons. The second kappa shape index (κ2) is 9.48. The van der Waals surface area contributed by atoms with Gasteiger partial charge in [0.25, 0.3) is 5.91 Å². The zero-order valence-electron chi connectivity index (χ0n) is 18.6. The molecule has 1 heterocycles. The first kappa shape index (κ1) is 22.0. The molecule has 0 fully saturated rings. The number of methoxy groups -OCH3 is 2. The van der Waals surface area contributed by atoms with E-state index in [1.165, 1.54) is 6.08 Å². The number of ether oxygens (including phenoxy) is 3. The second-order valence-corrected chi connectivity index (χ2v) is 7.27. The van der Waals surface area contributed by atoms with Crippen LogP contribution in [0.5, 0.6) is 23.0 Å². The van der Waals surface area contributed by atoms with Gasteiger partial charge in [-0.1, -0.05) is 18.2 Å². The van der Waals surface area contributed by atoms with E-state index in [4.69, 9.17) is 14.2 Å². The smallest absolute Gasteiger partial charge is 0.262 e. The Hall–Kier alpha value is -4.26. The fourth-order valence-corrected chi connectivity index (χ4v) is 3.63. The van der Waals surface area contributed by atoms with Crippen LogP contribution in [0.15, 0.2) is 66.7 Å². The lowest BCUT2D eigenvalue weighted by molar-refractivity contribution is -0.111. The second-order valence-electron chi connectivity index (χ2n) is 7.27. The predicted octanol–water partition coefficient (Wildman–Crippen LogP) is 5.13. The predicted molar refractivity (Wildman–Crippen MR) is 128 cm³/mol. The van der Waals surface area contributed by atoms with Gasteiger partial charge in [-0.15, -0.1) is 0 Å². The molecule has 0 spiro atoms. The van der Waals surface area contributed by atoms with Crippen LogP contribution in [0.1, 0.15) is 22.8 Å². The van der Waals surface area contributed by atoms with Crippen molar-refractivity contribution in [1.29, 1.82) is 0 Å². The maximum Gasteiger partial charge on any atom is 0.262 e. The standard InChI is InChI=1S/C26H24N2O5/c1-4-28-20-7-5-6-8-22(20)33-21-13-11-18(16-19(21)26(28)30)27-25(29)14-10-17-9-12-23(31-2)24(15-17)32-3/h5-16H,4H2,1-3H3,(H,27,29)/b14-10+. The summed E-state index contributed by atoms with van der Waals surface area (Å²) in [5, 5.41) is 2.80. The molecule has 3 aromatic carbocycles. The molecule has 1 aliphatic heterocycles. The number of hydrogen-bond acceptors (Lipinski definition) is 5. The maximum absolute atomic E-state index is 13.2. The molecule has 0 saturated carbocycles. The first-order valence-electron chi connectivity index (χ1n) is 10.5. The lowest BCUT2D eigenvalue weighted by atomic mass is 10.1. The molecule has 168 valence electrons. The molecule has 7 heteroatoms. The first-order valence-corrected chi connectivity index (χ1v) is 10.5. The van der Waals surface area contributed by atoms with Gasteiger partial charge in [0, 0.05) is 18.3 Å². The average Bonchev–Trinajstić information content (AvgIpc) is 2.96. The molecule has 1 N–H and O–H groups in total. The molecule has 0 bridgehead atoms. The quantitative estimate of drug-likeness (QED) is 0.534. The van der Waals surface area contributed by atoms with Crippen LogP contribution in [-0.4, -0.2) is 32.6 Å². The van der Waals surface area contributed by atoms with Gasteiger partial charge in [-0.3, -0.25) is 9.59 Å². The highest BCUT2D eigenvalue weighted by molar-refractivity contribution is 6.11. The Bertz CT molecular complexity index is 1240. The van der Waals surface area contributed by atoms with Crippen molar-refractivity contribution in [3.05, 3.63) is 77.9 Å². The van der Waals surface area contributed by atoms with Crippen molar-refractivity contribution >= 4 is 29.3 Å². The van der Waals surface area contributed by atoms with Crippen LogP contribution in [0, 0.1) is 0 Å². The van der Waals surface area contributed by atoms with E-state index in [1.807, 2.05) is 37.3 Å². The van der Waals surface area contributed by atoms with Gasteiger partial charge in [0.1, 0.15) is 5.75 Å². The first-order chi connectivity index (χ1) is 16.0. The van der Waals surface area contributed by atoms with Crippen LogP contribution < -0.4 is 24.4 Å². The number of nitrogens with one attached hydrogen (secondary N) is 1. The molecule has 0 unspecified atom stereocenters. The summed E-state index contributed by atoms with van der Waals surface area (Å²) in [6.45, 7) is 2.40. The number of fused-ring (bicyclic) bond motifs is 2. The number of anilines is 2. The Balaban J connectivity index is 1.54. The monoisotopic (exact) mass is 444 g/mol. The Morgan fingerprint density at radius 2 is 1.79 bits per heavy atom. The van der Waals surface area contributed by atoms with Crippen LogP contribution in [0.4, 0.5) is 11.4 Å². The van der Waals surface area contributed by atoms with E-state index in [0.29, 0.717) is 46.5 Å². The molecule has 1 aliphatic rings. The van der Waals surface area contributed by atoms with E-state index < -0.39 is 0 Å². The highest BCUT2D eigenvalue weighted by Crippen LogP contribution is 2.39. The third-order valence-electron chi connectivity index (χ3n) is 5.25. The summed E-state index contributed by atoms with van der Waals surface area (Å²) in [6, 6.07) is 17.8. The fraction of sp³-hybridized carbons (Fsp3) is 0.154. The van der Waals surface area contributed by atoms with Crippen molar-refractivity contribution < 1.29 is 23.8 Å². The minimum absolute atomic E-state index is 0.186. The molecular formula is C26H24N2O5. The highest BCUT2D eigenvalue weighted by Gasteiger charge is 2.27. The van der Waals surface area contributed by atoms with E-state index in [1.54, 1.807) is 55.5 Å². The van der Waals surface area contributed by atoms with Gasteiger partial charge in [-0.2, -0.15) is 0 Å². The molecule has 7 nitrogen and oxygen atoms in total. The zero-order valence-corrected chi connectivity index (χ0v) is 18.6. The molecule has 0 aliphatic carbocycles. The van der Waals surface area contributed by atoms with Crippen molar-refractivity contribution in [2.24, 2.45) is 0 Å². The van der Waals surface area contributed by atoms with E-state index >= 15 is 0 Å². The normalized spacial score (nSPS) is 12.5. The summed E-state index contributed by atoms with van der Waals surface area (Å²) in [6.07, 6.45) is 3.09. The molecule has 3 aromatic rings. The Morgan fingerprint density at radius 3 is 2.55 bits per heavy atom. The summed E-state index contributed by atoms with van der Waals surface area (Å²) in [5.41, 5.74) is 2.37. The minimum atomic E-state index is -0.331. The summed E-state index contributed by atoms with van der Waals surface area (Å²) in [4.78, 5) is 27.3. The van der Waals surface area contributed by atoms with Crippen molar-refractivity contribution in [2.45, 2.75) is 6.92 Å². The summed E-state index contributed by atoms with van der Waals surface area (Å²) < 4.78 is 16.5. The van der Waals surface area contributed by atoms with Gasteiger partial charge in [0.05, 0.1) is 25.5 Å². The van der Waals surface area contributed by atoms with E-state index in [-0.39, 0.29) is 11.8 Å². The van der Waals surface area contributed by atoms with Gasteiger partial charge in [-0.05, 0) is 61.0 Å². The topological polar surface area (TPSA) is 77.1 Å². The number of carbonyl (C=O) groups is 2. The van der Waals surface area contributed by atoms with Gasteiger partial charge in [0.15, 0.2) is 17.2 Å². The summed E-state index contributed by atoms with van der Waals surface area (Å²) in [7, 11) is 3.12. The SMILES string of the molecule is CCN1C(=O)c2cc(NC(=O)/C=C/c3ccc(OC)c(OC)c3)ccc2Oc2ccccc21. The number of rotatable bonds is 6. The van der Waals surface area contributed by atoms with E-state index in [9.17, 15) is 9.59 Å². The molecule has 0 saturated heterocycles. The van der Waals surface area contributed by atoms with Crippen LogP contribution in [0.3, 0.4) is 0 Å². The number of benzene rings is 3. The number of nitrogens with zero attached hydrogens (tertiary/aromatic N) is 1. The van der Waals surface area contributed by atoms with E-state index in [0.717, 1.165) is 5.56 Å². The van der Waals surface area contributed by atoms with Gasteiger partial charge in [-0.25, -0.2) is 0 Å². The maximum atomic E-state index is 13.2. The third kappa shape index (κ3) is 4.52. The number of amides is 2. The van der Waals surface area contributed by atoms with Crippen molar-refractivity contribution in [2.75, 3.05) is 31.0 Å². The number of hydrogen-bond donors (Lipinski definition) is 1. The molecular weight excluding hydrogens is 420 g/mol. The van der Waals surface area contributed by atoms with Crippen LogP contribution in [0.2, 0.25) is 0 Å². The highest BCUT2D eigenvalue weighted by atomic mass is 16.5. The Morgan fingerprint density at radius 1 is 1.00 bits per heavy atom. The summed E-state index contributed by atoms with van der Waals surface area (Å²) >= 11 is 0. The molecule has 0 aromatic heterocycles. The molecule has 4 rings (SSSR count). The molecule has 0 atom stereocenters. The zero-order chi connectivity index (χ0) is 23.4. The molecule has 33 heavy (non-hydrogen) atoms. The molecule has 2 amide bonds. The van der Waals surface area contributed by atoms with Crippen LogP contribution in [-0.2, 0) is 4.79 Å². The Labute approximate surface area is 192 Å². The minimum Gasteiger partial charge on any atom is -0.493 e. The van der Waals surface area contributed by atoms with Crippen LogP contribution in [0.25, 0.3) is 6.08 Å². The van der Waals surface area contributed by atoms with Crippen molar-refractivity contribution in [3.63, 3.8) is 0 Å². The number of carbonyl (C=O) groups excluding carboxylic acids is 2. The number of para-hydroxylation sites is 2. The fourth-order valence-electron chi connectivity index (χ4n) is 3.63. The van der Waals surface area contributed by atoms with Gasteiger partial charge < -0.3 is 24.4 Å². The lowest BCUT2D eigenvalue weighted by Gasteiger charge is -2.19.